The summed E-state index contributed by atoms with van der Waals surface area (Å²) in [5.41, 5.74) is 0. The lowest BCUT2D eigenvalue weighted by atomic mass is 9.92. The van der Waals surface area contributed by atoms with Crippen molar-refractivity contribution in [2.75, 3.05) is 32.7 Å². The second-order valence-corrected chi connectivity index (χ2v) is 6.37. The van der Waals surface area contributed by atoms with Gasteiger partial charge in [-0.05, 0) is 30.7 Å². The zero-order valence-corrected chi connectivity index (χ0v) is 11.9. The molecule has 0 spiro atoms. The third-order valence-corrected chi connectivity index (χ3v) is 3.35. The minimum Gasteiger partial charge on any atom is -0.390 e. The molecule has 0 aromatic heterocycles. The normalized spacial score (nSPS) is 28.6. The Hall–Kier alpha value is -0.120. The van der Waals surface area contributed by atoms with E-state index in [1.807, 2.05) is 0 Å². The Kier molecular flexibility index (Phi) is 6.45. The van der Waals surface area contributed by atoms with Crippen LogP contribution in [0.3, 0.4) is 0 Å². The predicted molar refractivity (Wildman–Crippen MR) is 73.1 cm³/mol. The molecule has 0 aliphatic carbocycles. The van der Waals surface area contributed by atoms with Crippen molar-refractivity contribution in [3.8, 4) is 0 Å². The number of aliphatic hydroxyl groups is 1. The van der Waals surface area contributed by atoms with Gasteiger partial charge in [0.15, 0.2) is 0 Å². The summed E-state index contributed by atoms with van der Waals surface area (Å²) in [4.78, 5) is 2.42. The van der Waals surface area contributed by atoms with Gasteiger partial charge in [-0.25, -0.2) is 0 Å². The van der Waals surface area contributed by atoms with Crippen molar-refractivity contribution in [3.63, 3.8) is 0 Å². The molecule has 1 saturated heterocycles. The molecule has 1 aliphatic heterocycles. The lowest BCUT2D eigenvalue weighted by Gasteiger charge is -2.36. The van der Waals surface area contributed by atoms with Crippen LogP contribution in [-0.2, 0) is 0 Å². The first-order valence-corrected chi connectivity index (χ1v) is 7.08. The van der Waals surface area contributed by atoms with Crippen LogP contribution in [0.25, 0.3) is 0 Å². The van der Waals surface area contributed by atoms with Gasteiger partial charge < -0.3 is 15.3 Å². The number of β-amino-alcohol motifs (C(OH)–C–C–N with tert-alkyl or cyclic N) is 1. The van der Waals surface area contributed by atoms with Gasteiger partial charge in [0.2, 0.25) is 0 Å². The largest absolute Gasteiger partial charge is 0.390 e. The Morgan fingerprint density at radius 3 is 2.29 bits per heavy atom. The molecule has 102 valence electrons. The Labute approximate surface area is 107 Å². The van der Waals surface area contributed by atoms with Crippen LogP contribution in [0.15, 0.2) is 0 Å². The van der Waals surface area contributed by atoms with Gasteiger partial charge in [0.05, 0.1) is 6.10 Å². The first-order valence-electron chi connectivity index (χ1n) is 7.08. The van der Waals surface area contributed by atoms with E-state index in [0.29, 0.717) is 5.92 Å². The van der Waals surface area contributed by atoms with Gasteiger partial charge in [0.1, 0.15) is 0 Å². The Bertz CT molecular complexity index is 198. The van der Waals surface area contributed by atoms with Crippen LogP contribution in [0, 0.1) is 17.8 Å². The van der Waals surface area contributed by atoms with Gasteiger partial charge in [0.25, 0.3) is 0 Å². The zero-order chi connectivity index (χ0) is 12.8. The number of likely N-dealkylation sites (tertiary alicyclic amines) is 1. The molecule has 0 amide bonds. The summed E-state index contributed by atoms with van der Waals surface area (Å²) < 4.78 is 0. The van der Waals surface area contributed by atoms with E-state index in [4.69, 9.17) is 0 Å². The van der Waals surface area contributed by atoms with Crippen LogP contribution >= 0.6 is 0 Å². The minimum atomic E-state index is -0.230. The Morgan fingerprint density at radius 1 is 1.18 bits per heavy atom. The smallest absolute Gasteiger partial charge is 0.0791 e. The minimum absolute atomic E-state index is 0.230. The number of nitrogens with one attached hydrogen (secondary N) is 1. The molecular weight excluding hydrogens is 212 g/mol. The molecular formula is C14H30N2O. The zero-order valence-electron chi connectivity index (χ0n) is 11.9. The lowest BCUT2D eigenvalue weighted by molar-refractivity contribution is 0.0697. The number of hydrogen-bond acceptors (Lipinski definition) is 3. The predicted octanol–water partition coefficient (Wildman–Crippen LogP) is 1.57. The third kappa shape index (κ3) is 6.39. The SMILES string of the molecule is CC(C)CNCC(O)CN1CC(C)CC(C)C1. The van der Waals surface area contributed by atoms with E-state index >= 15 is 0 Å². The first-order chi connectivity index (χ1) is 7.97. The van der Waals surface area contributed by atoms with Gasteiger partial charge in [-0.1, -0.05) is 27.7 Å². The summed E-state index contributed by atoms with van der Waals surface area (Å²) in [5.74, 6) is 2.20. The van der Waals surface area contributed by atoms with Gasteiger partial charge in [-0.2, -0.15) is 0 Å². The number of aliphatic hydroxyl groups excluding tert-OH is 1. The molecule has 17 heavy (non-hydrogen) atoms. The second kappa shape index (κ2) is 7.34. The van der Waals surface area contributed by atoms with Crippen molar-refractivity contribution >= 4 is 0 Å². The van der Waals surface area contributed by atoms with Gasteiger partial charge in [-0.3, -0.25) is 0 Å². The fraction of sp³-hybridized carbons (Fsp3) is 1.00. The van der Waals surface area contributed by atoms with E-state index in [2.05, 4.69) is 37.9 Å². The fourth-order valence-corrected chi connectivity index (χ4v) is 2.84. The van der Waals surface area contributed by atoms with Crippen molar-refractivity contribution in [1.29, 1.82) is 0 Å². The van der Waals surface area contributed by atoms with Crippen molar-refractivity contribution < 1.29 is 5.11 Å². The van der Waals surface area contributed by atoms with Crippen LogP contribution in [0.1, 0.15) is 34.1 Å². The molecule has 2 N–H and O–H groups in total. The van der Waals surface area contributed by atoms with Crippen LogP contribution in [0.4, 0.5) is 0 Å². The van der Waals surface area contributed by atoms with Crippen LogP contribution < -0.4 is 5.32 Å². The highest BCUT2D eigenvalue weighted by atomic mass is 16.3. The summed E-state index contributed by atoms with van der Waals surface area (Å²) >= 11 is 0. The molecule has 0 saturated carbocycles. The summed E-state index contributed by atoms with van der Waals surface area (Å²) in [6.07, 6.45) is 1.10. The summed E-state index contributed by atoms with van der Waals surface area (Å²) in [6, 6.07) is 0. The second-order valence-electron chi connectivity index (χ2n) is 6.37. The van der Waals surface area contributed by atoms with E-state index < -0.39 is 0 Å². The lowest BCUT2D eigenvalue weighted by Crippen LogP contribution is -2.45. The maximum absolute atomic E-state index is 9.98. The van der Waals surface area contributed by atoms with Gasteiger partial charge >= 0.3 is 0 Å². The molecule has 1 fully saturated rings. The van der Waals surface area contributed by atoms with Crippen LogP contribution in [0.2, 0.25) is 0 Å². The third-order valence-electron chi connectivity index (χ3n) is 3.35. The maximum Gasteiger partial charge on any atom is 0.0791 e. The molecule has 1 aliphatic rings. The average Bonchev–Trinajstić information content (AvgIpc) is 2.14. The van der Waals surface area contributed by atoms with E-state index in [-0.39, 0.29) is 6.10 Å². The monoisotopic (exact) mass is 242 g/mol. The Balaban J connectivity index is 2.18. The van der Waals surface area contributed by atoms with E-state index in [0.717, 1.165) is 44.6 Å². The molecule has 3 atom stereocenters. The number of piperidine rings is 1. The molecule has 1 rings (SSSR count). The van der Waals surface area contributed by atoms with E-state index in [9.17, 15) is 5.11 Å². The molecule has 1 heterocycles. The van der Waals surface area contributed by atoms with E-state index in [1.165, 1.54) is 6.42 Å². The highest BCUT2D eigenvalue weighted by molar-refractivity contribution is 4.77. The average molecular weight is 242 g/mol. The van der Waals surface area contributed by atoms with Gasteiger partial charge in [0, 0.05) is 26.2 Å². The highest BCUT2D eigenvalue weighted by Gasteiger charge is 2.23. The molecule has 0 bridgehead atoms. The maximum atomic E-state index is 9.98. The van der Waals surface area contributed by atoms with Crippen LogP contribution in [0.5, 0.6) is 0 Å². The highest BCUT2D eigenvalue weighted by Crippen LogP contribution is 2.20. The molecule has 0 aromatic carbocycles. The molecule has 0 aromatic rings. The fourth-order valence-electron chi connectivity index (χ4n) is 2.84. The van der Waals surface area contributed by atoms with Crippen molar-refractivity contribution in [1.82, 2.24) is 10.2 Å². The number of hydrogen-bond donors (Lipinski definition) is 2. The molecule has 3 unspecified atom stereocenters. The standard InChI is InChI=1S/C14H30N2O/c1-11(2)6-15-7-14(17)10-16-8-12(3)5-13(4)9-16/h11-15,17H,5-10H2,1-4H3. The molecule has 3 nitrogen and oxygen atoms in total. The van der Waals surface area contributed by atoms with Crippen LogP contribution in [-0.4, -0.2) is 48.8 Å². The summed E-state index contributed by atoms with van der Waals surface area (Å²) in [5, 5.41) is 13.3. The number of rotatable bonds is 6. The topological polar surface area (TPSA) is 35.5 Å². The summed E-state index contributed by atoms with van der Waals surface area (Å²) in [6.45, 7) is 13.8. The summed E-state index contributed by atoms with van der Waals surface area (Å²) in [7, 11) is 0. The molecule has 3 heteroatoms. The van der Waals surface area contributed by atoms with Gasteiger partial charge in [-0.15, -0.1) is 0 Å². The van der Waals surface area contributed by atoms with Crippen molar-refractivity contribution in [3.05, 3.63) is 0 Å². The quantitative estimate of drug-likeness (QED) is 0.742. The Morgan fingerprint density at radius 2 is 1.76 bits per heavy atom. The number of nitrogens with zero attached hydrogens (tertiary/aromatic N) is 1. The van der Waals surface area contributed by atoms with Crippen molar-refractivity contribution in [2.45, 2.75) is 40.2 Å². The van der Waals surface area contributed by atoms with Crippen molar-refractivity contribution in [2.24, 2.45) is 17.8 Å². The first kappa shape index (κ1) is 14.9. The van der Waals surface area contributed by atoms with E-state index in [1.54, 1.807) is 0 Å². The molecule has 0 radical (unpaired) electrons.